The summed E-state index contributed by atoms with van der Waals surface area (Å²) in [6, 6.07) is 9.84. The number of fused-ring (bicyclic) bond motifs is 3. The van der Waals surface area contributed by atoms with E-state index in [0.717, 1.165) is 40.7 Å². The Balaban J connectivity index is 1.53. The maximum absolute atomic E-state index is 13.2. The molecule has 6 nitrogen and oxygen atoms in total. The molecule has 2 amide bonds. The van der Waals surface area contributed by atoms with Crippen molar-refractivity contribution in [2.75, 3.05) is 11.4 Å². The number of aromatic nitrogens is 2. The van der Waals surface area contributed by atoms with Gasteiger partial charge in [0.2, 0.25) is 11.8 Å². The molecule has 0 saturated heterocycles. The maximum Gasteiger partial charge on any atom is 0.238 e. The highest BCUT2D eigenvalue weighted by atomic mass is 35.5. The van der Waals surface area contributed by atoms with Crippen LogP contribution in [0.4, 0.5) is 5.69 Å². The zero-order valence-corrected chi connectivity index (χ0v) is 16.9. The van der Waals surface area contributed by atoms with Gasteiger partial charge in [0.25, 0.3) is 0 Å². The highest BCUT2D eigenvalue weighted by Gasteiger charge is 2.59. The first kappa shape index (κ1) is 18.2. The van der Waals surface area contributed by atoms with E-state index in [4.69, 9.17) is 11.6 Å². The third kappa shape index (κ3) is 2.90. The van der Waals surface area contributed by atoms with Crippen LogP contribution < -0.4 is 10.2 Å². The Morgan fingerprint density at radius 3 is 2.86 bits per heavy atom. The lowest BCUT2D eigenvalue weighted by molar-refractivity contribution is -0.120. The Hall–Kier alpha value is -2.86. The molecule has 2 aliphatic rings. The van der Waals surface area contributed by atoms with Crippen molar-refractivity contribution in [2.24, 2.45) is 0 Å². The van der Waals surface area contributed by atoms with Crippen LogP contribution >= 0.6 is 11.6 Å². The quantitative estimate of drug-likeness (QED) is 0.703. The highest BCUT2D eigenvalue weighted by molar-refractivity contribution is 6.31. The van der Waals surface area contributed by atoms with Gasteiger partial charge >= 0.3 is 0 Å². The van der Waals surface area contributed by atoms with Crippen LogP contribution in [0.5, 0.6) is 0 Å². The molecule has 29 heavy (non-hydrogen) atoms. The average Bonchev–Trinajstić information content (AvgIpc) is 3.39. The predicted octanol–water partition coefficient (Wildman–Crippen LogP) is 3.40. The number of carbonyl (C=O) groups excluding carboxylic acids is 2. The highest BCUT2D eigenvalue weighted by Crippen LogP contribution is 2.57. The number of nitrogens with one attached hydrogen (secondary N) is 1. The van der Waals surface area contributed by atoms with E-state index in [2.05, 4.69) is 20.9 Å². The van der Waals surface area contributed by atoms with Crippen LogP contribution in [0.15, 0.2) is 42.7 Å². The van der Waals surface area contributed by atoms with Crippen molar-refractivity contribution >= 4 is 40.0 Å². The van der Waals surface area contributed by atoms with Crippen molar-refractivity contribution in [2.45, 2.75) is 38.3 Å². The summed E-state index contributed by atoms with van der Waals surface area (Å²) in [5.74, 6) is 0.105. The zero-order chi connectivity index (χ0) is 20.2. The zero-order valence-electron chi connectivity index (χ0n) is 16.1. The Bertz CT molecular complexity index is 1150. The first-order valence-corrected chi connectivity index (χ1v) is 10.2. The van der Waals surface area contributed by atoms with E-state index in [9.17, 15) is 9.59 Å². The minimum absolute atomic E-state index is 0.0588. The van der Waals surface area contributed by atoms with Crippen LogP contribution in [0.3, 0.4) is 0 Å². The number of benzene rings is 1. The molecule has 0 atom stereocenters. The molecule has 3 heterocycles. The fourth-order valence-electron chi connectivity index (χ4n) is 4.45. The van der Waals surface area contributed by atoms with Crippen LogP contribution in [-0.4, -0.2) is 27.9 Å². The van der Waals surface area contributed by atoms with Crippen molar-refractivity contribution in [3.8, 4) is 0 Å². The summed E-state index contributed by atoms with van der Waals surface area (Å²) in [6.07, 6.45) is 5.37. The molecule has 2 aromatic heterocycles. The molecule has 1 aliphatic carbocycles. The lowest BCUT2D eigenvalue weighted by Crippen LogP contribution is -2.32. The Morgan fingerprint density at radius 1 is 1.28 bits per heavy atom. The summed E-state index contributed by atoms with van der Waals surface area (Å²) < 4.78 is 2.16. The van der Waals surface area contributed by atoms with Gasteiger partial charge in [0.05, 0.1) is 23.8 Å². The van der Waals surface area contributed by atoms with Gasteiger partial charge in [-0.15, -0.1) is 0 Å². The van der Waals surface area contributed by atoms with Gasteiger partial charge in [-0.3, -0.25) is 14.6 Å². The SMILES string of the molecule is CC(=O)NCCn1c(CN2C(=O)C3(CC3)c3ccncc32)cc2cc(Cl)ccc21. The van der Waals surface area contributed by atoms with E-state index < -0.39 is 0 Å². The molecule has 1 fully saturated rings. The second-order valence-electron chi connectivity index (χ2n) is 7.84. The molecule has 0 bridgehead atoms. The standard InChI is InChI=1S/C22H21ClN4O2/c1-14(28)25-8-9-26-17(11-15-10-16(23)2-3-19(15)26)13-27-20-12-24-7-4-18(20)22(5-6-22)21(27)29/h2-4,7,10-12H,5-6,8-9,13H2,1H3,(H,25,28). The van der Waals surface area contributed by atoms with Crippen molar-refractivity contribution in [3.05, 3.63) is 59.0 Å². The number of carbonyl (C=O) groups is 2. The Labute approximate surface area is 173 Å². The molecule has 5 rings (SSSR count). The molecular weight excluding hydrogens is 388 g/mol. The summed E-state index contributed by atoms with van der Waals surface area (Å²) in [6.45, 7) is 3.11. The molecular formula is C22H21ClN4O2. The smallest absolute Gasteiger partial charge is 0.238 e. The molecule has 1 aromatic carbocycles. The lowest BCUT2D eigenvalue weighted by Gasteiger charge is -2.20. The van der Waals surface area contributed by atoms with Crippen LogP contribution in [-0.2, 0) is 28.1 Å². The Kier molecular flexibility index (Phi) is 4.13. The number of hydrogen-bond donors (Lipinski definition) is 1. The van der Waals surface area contributed by atoms with Crippen LogP contribution in [0.25, 0.3) is 10.9 Å². The van der Waals surface area contributed by atoms with Crippen LogP contribution in [0, 0.1) is 0 Å². The van der Waals surface area contributed by atoms with Gasteiger partial charge in [-0.25, -0.2) is 0 Å². The van der Waals surface area contributed by atoms with E-state index in [1.54, 1.807) is 12.4 Å². The molecule has 1 aliphatic heterocycles. The summed E-state index contributed by atoms with van der Waals surface area (Å²) in [5.41, 5.74) is 3.71. The molecule has 0 radical (unpaired) electrons. The van der Waals surface area contributed by atoms with E-state index in [1.807, 2.05) is 29.2 Å². The first-order valence-electron chi connectivity index (χ1n) is 9.78. The molecule has 1 N–H and O–H groups in total. The summed E-state index contributed by atoms with van der Waals surface area (Å²) in [4.78, 5) is 30.7. The first-order chi connectivity index (χ1) is 14.0. The van der Waals surface area contributed by atoms with E-state index >= 15 is 0 Å². The Morgan fingerprint density at radius 2 is 2.10 bits per heavy atom. The average molecular weight is 409 g/mol. The minimum Gasteiger partial charge on any atom is -0.355 e. The van der Waals surface area contributed by atoms with Crippen LogP contribution in [0.2, 0.25) is 5.02 Å². The van der Waals surface area contributed by atoms with E-state index in [1.165, 1.54) is 6.92 Å². The predicted molar refractivity (Wildman–Crippen MR) is 112 cm³/mol. The molecule has 1 spiro atoms. The second kappa shape index (κ2) is 6.59. The van der Waals surface area contributed by atoms with Crippen molar-refractivity contribution in [1.82, 2.24) is 14.9 Å². The van der Waals surface area contributed by atoms with Gasteiger partial charge in [-0.2, -0.15) is 0 Å². The van der Waals surface area contributed by atoms with Gasteiger partial charge in [0, 0.05) is 47.8 Å². The number of nitrogens with zero attached hydrogens (tertiary/aromatic N) is 3. The molecule has 0 unspecified atom stereocenters. The summed E-state index contributed by atoms with van der Waals surface area (Å²) in [7, 11) is 0. The number of rotatable bonds is 5. The summed E-state index contributed by atoms with van der Waals surface area (Å²) in [5, 5.41) is 4.55. The topological polar surface area (TPSA) is 67.2 Å². The van der Waals surface area contributed by atoms with Crippen LogP contribution in [0.1, 0.15) is 31.0 Å². The third-order valence-electron chi connectivity index (χ3n) is 5.99. The van der Waals surface area contributed by atoms with Gasteiger partial charge in [0.15, 0.2) is 0 Å². The molecule has 7 heteroatoms. The maximum atomic E-state index is 13.2. The third-order valence-corrected chi connectivity index (χ3v) is 6.22. The number of halogens is 1. The largest absolute Gasteiger partial charge is 0.355 e. The van der Waals surface area contributed by atoms with Crippen molar-refractivity contribution in [3.63, 3.8) is 0 Å². The van der Waals surface area contributed by atoms with Crippen molar-refractivity contribution < 1.29 is 9.59 Å². The minimum atomic E-state index is -0.339. The number of amides is 2. The second-order valence-corrected chi connectivity index (χ2v) is 8.28. The fourth-order valence-corrected chi connectivity index (χ4v) is 4.63. The molecule has 1 saturated carbocycles. The number of pyridine rings is 1. The number of anilines is 1. The summed E-state index contributed by atoms with van der Waals surface area (Å²) >= 11 is 6.19. The molecule has 3 aromatic rings. The van der Waals surface area contributed by atoms with Gasteiger partial charge in [0.1, 0.15) is 0 Å². The normalized spacial score (nSPS) is 16.5. The monoisotopic (exact) mass is 408 g/mol. The van der Waals surface area contributed by atoms with E-state index in [-0.39, 0.29) is 17.2 Å². The lowest BCUT2D eigenvalue weighted by atomic mass is 9.99. The van der Waals surface area contributed by atoms with Gasteiger partial charge in [-0.1, -0.05) is 11.6 Å². The van der Waals surface area contributed by atoms with Crippen molar-refractivity contribution in [1.29, 1.82) is 0 Å². The van der Waals surface area contributed by atoms with Gasteiger partial charge in [-0.05, 0) is 48.7 Å². The fraction of sp³-hybridized carbons (Fsp3) is 0.318. The van der Waals surface area contributed by atoms with Gasteiger partial charge < -0.3 is 14.8 Å². The number of hydrogen-bond acceptors (Lipinski definition) is 3. The van der Waals surface area contributed by atoms with E-state index in [0.29, 0.717) is 24.7 Å². The molecule has 148 valence electrons.